The van der Waals surface area contributed by atoms with Crippen molar-refractivity contribution in [1.29, 1.82) is 0 Å². The number of hydrogen-bond donors (Lipinski definition) is 0. The summed E-state index contributed by atoms with van der Waals surface area (Å²) in [4.78, 5) is 0. The predicted molar refractivity (Wildman–Crippen MR) is 205 cm³/mol. The predicted octanol–water partition coefficient (Wildman–Crippen LogP) is 12.6. The van der Waals surface area contributed by atoms with E-state index in [0.717, 1.165) is 33.1 Å². The topological polar surface area (TPSA) is 23.0 Å². The maximum Gasteiger partial charge on any atom is 0.159 e. The van der Waals surface area contributed by atoms with Crippen molar-refractivity contribution in [3.63, 3.8) is 0 Å². The molecular formula is C46H28N2O. The number of rotatable bonds is 3. The first-order chi connectivity index (χ1) is 24.3. The lowest BCUT2D eigenvalue weighted by Crippen LogP contribution is -1.94. The van der Waals surface area contributed by atoms with E-state index in [9.17, 15) is 0 Å². The molecule has 8 aromatic carbocycles. The maximum atomic E-state index is 6.57. The molecule has 0 radical (unpaired) electrons. The molecule has 228 valence electrons. The first-order valence-corrected chi connectivity index (χ1v) is 16.8. The quantitative estimate of drug-likeness (QED) is 0.192. The monoisotopic (exact) mass is 624 g/mol. The Morgan fingerprint density at radius 2 is 0.939 bits per heavy atom. The molecule has 3 heteroatoms. The van der Waals surface area contributed by atoms with Gasteiger partial charge in [-0.2, -0.15) is 0 Å². The number of fused-ring (bicyclic) bond motifs is 10. The summed E-state index contributed by atoms with van der Waals surface area (Å²) in [5.41, 5.74) is 11.2. The minimum Gasteiger partial charge on any atom is -0.454 e. The number of furan rings is 1. The molecule has 0 fully saturated rings. The van der Waals surface area contributed by atoms with Crippen LogP contribution in [0.5, 0.6) is 0 Å². The van der Waals surface area contributed by atoms with Crippen LogP contribution >= 0.6 is 0 Å². The summed E-state index contributed by atoms with van der Waals surface area (Å²) in [6.45, 7) is 0. The van der Waals surface area contributed by atoms with Crippen LogP contribution in [0, 0.1) is 0 Å². The maximum absolute atomic E-state index is 6.57. The van der Waals surface area contributed by atoms with Crippen LogP contribution in [0.4, 0.5) is 0 Å². The molecule has 0 saturated carbocycles. The third kappa shape index (κ3) is 3.78. The number of hydrogen-bond acceptors (Lipinski definition) is 1. The van der Waals surface area contributed by atoms with E-state index in [1.54, 1.807) is 0 Å². The second-order valence-corrected chi connectivity index (χ2v) is 13.0. The van der Waals surface area contributed by atoms with Gasteiger partial charge in [-0.3, -0.25) is 0 Å². The third-order valence-corrected chi connectivity index (χ3v) is 10.3. The van der Waals surface area contributed by atoms with E-state index in [1.165, 1.54) is 65.7 Å². The van der Waals surface area contributed by atoms with Crippen LogP contribution in [0.2, 0.25) is 0 Å². The van der Waals surface area contributed by atoms with Gasteiger partial charge < -0.3 is 13.6 Å². The lowest BCUT2D eigenvalue weighted by molar-refractivity contribution is 0.666. The number of aromatic nitrogens is 2. The van der Waals surface area contributed by atoms with Crippen molar-refractivity contribution >= 4 is 76.3 Å². The molecular weight excluding hydrogens is 597 g/mol. The number of benzene rings is 8. The van der Waals surface area contributed by atoms with Crippen LogP contribution < -0.4 is 0 Å². The average Bonchev–Trinajstić information content (AvgIpc) is 3.81. The fraction of sp³-hybridized carbons (Fsp3) is 0. The summed E-state index contributed by atoms with van der Waals surface area (Å²) in [6.07, 6.45) is 0. The zero-order chi connectivity index (χ0) is 32.1. The normalized spacial score (nSPS) is 12.1. The van der Waals surface area contributed by atoms with Crippen molar-refractivity contribution < 1.29 is 4.42 Å². The Bertz CT molecular complexity index is 3100. The van der Waals surface area contributed by atoms with Crippen LogP contribution in [-0.4, -0.2) is 9.13 Å². The van der Waals surface area contributed by atoms with Gasteiger partial charge in [-0.25, -0.2) is 0 Å². The minimum atomic E-state index is 0.903. The first kappa shape index (κ1) is 26.5. The van der Waals surface area contributed by atoms with Gasteiger partial charge in [0.2, 0.25) is 0 Å². The van der Waals surface area contributed by atoms with Crippen LogP contribution in [0.1, 0.15) is 0 Å². The van der Waals surface area contributed by atoms with Gasteiger partial charge in [0.1, 0.15) is 5.58 Å². The summed E-state index contributed by atoms with van der Waals surface area (Å²) >= 11 is 0. The Labute approximate surface area is 281 Å². The van der Waals surface area contributed by atoms with Crippen LogP contribution in [0.15, 0.2) is 174 Å². The van der Waals surface area contributed by atoms with Crippen molar-refractivity contribution in [2.75, 3.05) is 0 Å². The molecule has 0 spiro atoms. The summed E-state index contributed by atoms with van der Waals surface area (Å²) in [5.74, 6) is 0. The molecule has 0 unspecified atom stereocenters. The number of para-hydroxylation sites is 4. The van der Waals surface area contributed by atoms with Gasteiger partial charge in [-0.15, -0.1) is 0 Å². The molecule has 0 bridgehead atoms. The van der Waals surface area contributed by atoms with Crippen molar-refractivity contribution in [1.82, 2.24) is 9.13 Å². The minimum absolute atomic E-state index is 0.903. The highest BCUT2D eigenvalue weighted by molar-refractivity contribution is 6.17. The molecule has 0 saturated heterocycles. The van der Waals surface area contributed by atoms with E-state index in [4.69, 9.17) is 4.42 Å². The van der Waals surface area contributed by atoms with E-state index in [2.05, 4.69) is 173 Å². The summed E-state index contributed by atoms with van der Waals surface area (Å²) in [7, 11) is 0. The average molecular weight is 625 g/mol. The van der Waals surface area contributed by atoms with Gasteiger partial charge in [0.15, 0.2) is 5.58 Å². The van der Waals surface area contributed by atoms with Gasteiger partial charge in [0.25, 0.3) is 0 Å². The van der Waals surface area contributed by atoms with E-state index in [0.29, 0.717) is 0 Å². The molecule has 3 aromatic heterocycles. The largest absolute Gasteiger partial charge is 0.454 e. The van der Waals surface area contributed by atoms with Gasteiger partial charge in [-0.1, -0.05) is 103 Å². The van der Waals surface area contributed by atoms with Gasteiger partial charge in [-0.05, 0) is 88.6 Å². The molecule has 49 heavy (non-hydrogen) atoms. The molecule has 0 aliphatic rings. The molecule has 0 aliphatic carbocycles. The van der Waals surface area contributed by atoms with Crippen molar-refractivity contribution in [2.45, 2.75) is 0 Å². The SMILES string of the molecule is c1ccc(-n2c3ccccc3c3cc(-c4ccc5c(c4)c4cc6ccccc6cc4n5-c4cccc5c4oc4ccccc45)ccc32)cc1. The van der Waals surface area contributed by atoms with Crippen LogP contribution in [0.3, 0.4) is 0 Å². The molecule has 11 rings (SSSR count). The smallest absolute Gasteiger partial charge is 0.159 e. The Morgan fingerprint density at radius 3 is 1.76 bits per heavy atom. The highest BCUT2D eigenvalue weighted by Crippen LogP contribution is 2.41. The van der Waals surface area contributed by atoms with Crippen molar-refractivity contribution in [2.24, 2.45) is 0 Å². The molecule has 0 aliphatic heterocycles. The first-order valence-electron chi connectivity index (χ1n) is 16.8. The van der Waals surface area contributed by atoms with Crippen molar-refractivity contribution in [3.8, 4) is 22.5 Å². The lowest BCUT2D eigenvalue weighted by Gasteiger charge is -2.10. The molecule has 11 aromatic rings. The molecule has 3 heterocycles. The Balaban J connectivity index is 1.18. The van der Waals surface area contributed by atoms with Gasteiger partial charge in [0, 0.05) is 38.0 Å². The van der Waals surface area contributed by atoms with E-state index >= 15 is 0 Å². The zero-order valence-electron chi connectivity index (χ0n) is 26.5. The fourth-order valence-corrected chi connectivity index (χ4v) is 8.06. The Kier molecular flexibility index (Phi) is 5.38. The lowest BCUT2D eigenvalue weighted by atomic mass is 10.00. The van der Waals surface area contributed by atoms with Gasteiger partial charge >= 0.3 is 0 Å². The van der Waals surface area contributed by atoms with Crippen LogP contribution in [-0.2, 0) is 0 Å². The standard InChI is InChI=1S/C46H28N2O/c1-2-13-33(14-3-1)47-40-18-8-6-15-34(40)37-26-31(21-23-41(37)47)32-22-24-42-38(27-32)39-25-29-11-4-5-12-30(29)28-44(39)48(42)43-19-10-17-36-35-16-7-9-20-45(35)49-46(36)43/h1-28H. The van der Waals surface area contributed by atoms with Gasteiger partial charge in [0.05, 0.1) is 27.8 Å². The summed E-state index contributed by atoms with van der Waals surface area (Å²) in [5, 5.41) is 9.67. The third-order valence-electron chi connectivity index (χ3n) is 10.3. The highest BCUT2D eigenvalue weighted by atomic mass is 16.3. The molecule has 0 atom stereocenters. The van der Waals surface area contributed by atoms with Crippen molar-refractivity contribution in [3.05, 3.63) is 170 Å². The molecule has 0 amide bonds. The second kappa shape index (κ2) is 9.96. The molecule has 3 nitrogen and oxygen atoms in total. The Morgan fingerprint density at radius 1 is 0.347 bits per heavy atom. The fourth-order valence-electron chi connectivity index (χ4n) is 8.06. The summed E-state index contributed by atoms with van der Waals surface area (Å²) < 4.78 is 11.3. The summed E-state index contributed by atoms with van der Waals surface area (Å²) in [6, 6.07) is 61.3. The zero-order valence-corrected chi connectivity index (χ0v) is 26.5. The number of nitrogens with zero attached hydrogens (tertiary/aromatic N) is 2. The van der Waals surface area contributed by atoms with E-state index in [-0.39, 0.29) is 0 Å². The van der Waals surface area contributed by atoms with E-state index in [1.807, 2.05) is 6.07 Å². The van der Waals surface area contributed by atoms with E-state index < -0.39 is 0 Å². The molecule has 0 N–H and O–H groups in total. The highest BCUT2D eigenvalue weighted by Gasteiger charge is 2.19. The van der Waals surface area contributed by atoms with Crippen LogP contribution in [0.25, 0.3) is 98.8 Å². The second-order valence-electron chi connectivity index (χ2n) is 13.0. The Hall–Kier alpha value is -6.58.